The largest absolute Gasteiger partial charge is 0.480 e. The highest BCUT2D eigenvalue weighted by Gasteiger charge is 2.23. The standard InChI is InChI=1S/C8H13NO2/c1-6-3-4-7(2)9(6)5-8(10)11/h3-4,6-7H,5H2,1-2H3,(H,10,11)/t6-,7-/m0/s1. The van der Waals surface area contributed by atoms with E-state index in [0.29, 0.717) is 0 Å². The van der Waals surface area contributed by atoms with Crippen LogP contribution in [-0.2, 0) is 4.79 Å². The van der Waals surface area contributed by atoms with E-state index in [1.807, 2.05) is 30.9 Å². The molecule has 0 bridgehead atoms. The molecule has 0 aromatic carbocycles. The van der Waals surface area contributed by atoms with Crippen LogP contribution in [0.1, 0.15) is 13.8 Å². The normalized spacial score (nSPS) is 31.1. The van der Waals surface area contributed by atoms with Crippen LogP contribution in [0.4, 0.5) is 0 Å². The minimum atomic E-state index is -0.757. The zero-order valence-corrected chi connectivity index (χ0v) is 6.82. The SMILES string of the molecule is C[C@H]1C=C[C@H](C)N1CC(=O)O. The molecular weight excluding hydrogens is 142 g/mol. The second kappa shape index (κ2) is 3.05. The van der Waals surface area contributed by atoms with Crippen LogP contribution in [0.2, 0.25) is 0 Å². The summed E-state index contributed by atoms with van der Waals surface area (Å²) in [4.78, 5) is 12.3. The van der Waals surface area contributed by atoms with Crippen molar-refractivity contribution in [2.45, 2.75) is 25.9 Å². The average molecular weight is 155 g/mol. The van der Waals surface area contributed by atoms with Crippen LogP contribution in [0.25, 0.3) is 0 Å². The van der Waals surface area contributed by atoms with Gasteiger partial charge in [0.15, 0.2) is 0 Å². The zero-order valence-electron chi connectivity index (χ0n) is 6.82. The molecule has 0 unspecified atom stereocenters. The first kappa shape index (κ1) is 8.27. The summed E-state index contributed by atoms with van der Waals surface area (Å²) in [6, 6.07) is 0.530. The first-order chi connectivity index (χ1) is 5.11. The minimum Gasteiger partial charge on any atom is -0.480 e. The van der Waals surface area contributed by atoms with E-state index in [0.717, 1.165) is 0 Å². The predicted molar refractivity (Wildman–Crippen MR) is 42.4 cm³/mol. The first-order valence-corrected chi connectivity index (χ1v) is 3.77. The van der Waals surface area contributed by atoms with Crippen molar-refractivity contribution in [3.8, 4) is 0 Å². The monoisotopic (exact) mass is 155 g/mol. The van der Waals surface area contributed by atoms with E-state index in [-0.39, 0.29) is 18.6 Å². The van der Waals surface area contributed by atoms with Crippen molar-refractivity contribution >= 4 is 5.97 Å². The second-order valence-electron chi connectivity index (χ2n) is 2.93. The molecule has 0 spiro atoms. The summed E-state index contributed by atoms with van der Waals surface area (Å²) in [6.07, 6.45) is 4.07. The van der Waals surface area contributed by atoms with Crippen molar-refractivity contribution in [3.05, 3.63) is 12.2 Å². The molecule has 0 saturated heterocycles. The minimum absolute atomic E-state index is 0.134. The maximum absolute atomic E-state index is 10.4. The molecule has 2 atom stereocenters. The fourth-order valence-electron chi connectivity index (χ4n) is 1.36. The molecular formula is C8H13NO2. The lowest BCUT2D eigenvalue weighted by Gasteiger charge is -2.23. The van der Waals surface area contributed by atoms with Gasteiger partial charge in [-0.1, -0.05) is 12.2 Å². The highest BCUT2D eigenvalue weighted by molar-refractivity contribution is 5.69. The molecule has 0 radical (unpaired) electrons. The van der Waals surface area contributed by atoms with E-state index < -0.39 is 5.97 Å². The van der Waals surface area contributed by atoms with Gasteiger partial charge in [-0.2, -0.15) is 0 Å². The zero-order chi connectivity index (χ0) is 8.43. The molecule has 0 saturated carbocycles. The molecule has 0 aliphatic carbocycles. The number of carboxylic acids is 1. The number of hydrogen-bond acceptors (Lipinski definition) is 2. The summed E-state index contributed by atoms with van der Waals surface area (Å²) in [7, 11) is 0. The molecule has 3 heteroatoms. The Bertz CT molecular complexity index is 177. The summed E-state index contributed by atoms with van der Waals surface area (Å²) in [5, 5.41) is 8.54. The fraction of sp³-hybridized carbons (Fsp3) is 0.625. The Morgan fingerprint density at radius 3 is 2.27 bits per heavy atom. The van der Waals surface area contributed by atoms with Crippen LogP contribution in [0, 0.1) is 0 Å². The smallest absolute Gasteiger partial charge is 0.317 e. The van der Waals surface area contributed by atoms with Gasteiger partial charge in [0.1, 0.15) is 0 Å². The molecule has 1 N–H and O–H groups in total. The molecule has 3 nitrogen and oxygen atoms in total. The third-order valence-corrected chi connectivity index (χ3v) is 2.03. The Labute approximate surface area is 66.3 Å². The molecule has 1 aliphatic heterocycles. The van der Waals surface area contributed by atoms with Crippen LogP contribution in [0.3, 0.4) is 0 Å². The predicted octanol–water partition coefficient (Wildman–Crippen LogP) is 0.720. The summed E-state index contributed by atoms with van der Waals surface area (Å²) in [5.41, 5.74) is 0. The van der Waals surface area contributed by atoms with Crippen molar-refractivity contribution in [2.75, 3.05) is 6.54 Å². The van der Waals surface area contributed by atoms with E-state index in [4.69, 9.17) is 5.11 Å². The van der Waals surface area contributed by atoms with Crippen LogP contribution in [0.15, 0.2) is 12.2 Å². The summed E-state index contributed by atoms with van der Waals surface area (Å²) in [6.45, 7) is 4.14. The van der Waals surface area contributed by atoms with Gasteiger partial charge < -0.3 is 5.11 Å². The molecule has 1 heterocycles. The highest BCUT2D eigenvalue weighted by Crippen LogP contribution is 2.14. The lowest BCUT2D eigenvalue weighted by molar-refractivity contribution is -0.138. The van der Waals surface area contributed by atoms with Crippen molar-refractivity contribution in [3.63, 3.8) is 0 Å². The lowest BCUT2D eigenvalue weighted by Crippen LogP contribution is -2.37. The first-order valence-electron chi connectivity index (χ1n) is 3.77. The number of aliphatic carboxylic acids is 1. The van der Waals surface area contributed by atoms with Crippen LogP contribution in [0.5, 0.6) is 0 Å². The van der Waals surface area contributed by atoms with E-state index in [1.165, 1.54) is 0 Å². The Balaban J connectivity index is 2.52. The summed E-state index contributed by atoms with van der Waals surface area (Å²) in [5.74, 6) is -0.757. The summed E-state index contributed by atoms with van der Waals surface area (Å²) < 4.78 is 0. The molecule has 0 amide bonds. The summed E-state index contributed by atoms with van der Waals surface area (Å²) >= 11 is 0. The highest BCUT2D eigenvalue weighted by atomic mass is 16.4. The maximum Gasteiger partial charge on any atom is 0.317 e. The third kappa shape index (κ3) is 1.80. The van der Waals surface area contributed by atoms with Crippen molar-refractivity contribution in [2.24, 2.45) is 0 Å². The Kier molecular flexibility index (Phi) is 2.29. The van der Waals surface area contributed by atoms with Gasteiger partial charge in [-0.25, -0.2) is 0 Å². The maximum atomic E-state index is 10.4. The van der Waals surface area contributed by atoms with Gasteiger partial charge in [-0.05, 0) is 13.8 Å². The second-order valence-corrected chi connectivity index (χ2v) is 2.93. The Morgan fingerprint density at radius 2 is 1.91 bits per heavy atom. The number of rotatable bonds is 2. The van der Waals surface area contributed by atoms with Crippen LogP contribution < -0.4 is 0 Å². The van der Waals surface area contributed by atoms with Crippen molar-refractivity contribution < 1.29 is 9.90 Å². The van der Waals surface area contributed by atoms with E-state index in [1.54, 1.807) is 0 Å². The number of hydrogen-bond donors (Lipinski definition) is 1. The van der Waals surface area contributed by atoms with Crippen molar-refractivity contribution in [1.29, 1.82) is 0 Å². The molecule has 62 valence electrons. The lowest BCUT2D eigenvalue weighted by atomic mass is 10.3. The van der Waals surface area contributed by atoms with E-state index in [9.17, 15) is 4.79 Å². The topological polar surface area (TPSA) is 40.5 Å². The van der Waals surface area contributed by atoms with Gasteiger partial charge in [0, 0.05) is 12.1 Å². The Hall–Kier alpha value is -0.830. The third-order valence-electron chi connectivity index (χ3n) is 2.03. The van der Waals surface area contributed by atoms with Gasteiger partial charge in [-0.3, -0.25) is 9.69 Å². The van der Waals surface area contributed by atoms with Crippen molar-refractivity contribution in [1.82, 2.24) is 4.90 Å². The van der Waals surface area contributed by atoms with Crippen LogP contribution >= 0.6 is 0 Å². The molecule has 0 aromatic heterocycles. The van der Waals surface area contributed by atoms with E-state index >= 15 is 0 Å². The van der Waals surface area contributed by atoms with Gasteiger partial charge in [0.25, 0.3) is 0 Å². The number of carboxylic acid groups (broad SMARTS) is 1. The average Bonchev–Trinajstić information content (AvgIpc) is 2.18. The van der Waals surface area contributed by atoms with Crippen LogP contribution in [-0.4, -0.2) is 34.6 Å². The molecule has 0 aromatic rings. The van der Waals surface area contributed by atoms with E-state index in [2.05, 4.69) is 0 Å². The quantitative estimate of drug-likeness (QED) is 0.597. The van der Waals surface area contributed by atoms with Gasteiger partial charge >= 0.3 is 5.97 Å². The molecule has 11 heavy (non-hydrogen) atoms. The number of nitrogens with zero attached hydrogens (tertiary/aromatic N) is 1. The number of carbonyl (C=O) groups is 1. The fourth-order valence-corrected chi connectivity index (χ4v) is 1.36. The molecule has 1 aliphatic rings. The van der Waals surface area contributed by atoms with Gasteiger partial charge in [0.05, 0.1) is 6.54 Å². The van der Waals surface area contributed by atoms with Gasteiger partial charge in [0.2, 0.25) is 0 Å². The van der Waals surface area contributed by atoms with Gasteiger partial charge in [-0.15, -0.1) is 0 Å². The Morgan fingerprint density at radius 1 is 1.45 bits per heavy atom. The molecule has 0 fully saturated rings. The molecule has 1 rings (SSSR count).